The van der Waals surface area contributed by atoms with Crippen LogP contribution >= 0.6 is 11.8 Å². The molecule has 4 rings (SSSR count). The van der Waals surface area contributed by atoms with Crippen LogP contribution in [0.2, 0.25) is 0 Å². The Morgan fingerprint density at radius 3 is 2.42 bits per heavy atom. The predicted molar refractivity (Wildman–Crippen MR) is 125 cm³/mol. The van der Waals surface area contributed by atoms with Crippen LogP contribution in [0.1, 0.15) is 13.3 Å². The van der Waals surface area contributed by atoms with E-state index in [9.17, 15) is 13.2 Å². The van der Waals surface area contributed by atoms with Crippen molar-refractivity contribution in [1.29, 1.82) is 0 Å². The second-order valence-electron chi connectivity index (χ2n) is 7.57. The summed E-state index contributed by atoms with van der Waals surface area (Å²) in [5.41, 5.74) is 4.41. The SMILES string of the molecule is CCn1c(-c2ccc(-c3ccccc3)cc2)cnc1SCC(=O)NC1CCS(=O)(=O)C1. The lowest BCUT2D eigenvalue weighted by atomic mass is 10.0. The van der Waals surface area contributed by atoms with Gasteiger partial charge in [-0.15, -0.1) is 0 Å². The number of rotatable bonds is 7. The van der Waals surface area contributed by atoms with E-state index < -0.39 is 9.84 Å². The number of hydrogen-bond donors (Lipinski definition) is 1. The van der Waals surface area contributed by atoms with Crippen molar-refractivity contribution >= 4 is 27.5 Å². The number of aromatic nitrogens is 2. The molecule has 1 aliphatic rings. The van der Waals surface area contributed by atoms with Crippen LogP contribution in [-0.2, 0) is 21.2 Å². The Morgan fingerprint density at radius 2 is 1.77 bits per heavy atom. The summed E-state index contributed by atoms with van der Waals surface area (Å²) in [7, 11) is -3.01. The van der Waals surface area contributed by atoms with E-state index in [1.807, 2.05) is 24.4 Å². The van der Waals surface area contributed by atoms with Crippen LogP contribution in [-0.4, -0.2) is 47.2 Å². The van der Waals surface area contributed by atoms with Crippen molar-refractivity contribution in [2.75, 3.05) is 17.3 Å². The number of nitrogens with one attached hydrogen (secondary N) is 1. The summed E-state index contributed by atoms with van der Waals surface area (Å²) < 4.78 is 25.2. The van der Waals surface area contributed by atoms with Gasteiger partial charge in [0.05, 0.1) is 29.1 Å². The molecule has 1 aromatic heterocycles. The van der Waals surface area contributed by atoms with Crippen LogP contribution in [0, 0.1) is 0 Å². The number of carbonyl (C=O) groups is 1. The monoisotopic (exact) mass is 455 g/mol. The molecule has 1 fully saturated rings. The summed E-state index contributed by atoms with van der Waals surface area (Å²) in [6.07, 6.45) is 2.33. The Morgan fingerprint density at radius 1 is 1.10 bits per heavy atom. The van der Waals surface area contributed by atoms with Crippen molar-refractivity contribution in [3.05, 3.63) is 60.8 Å². The number of benzene rings is 2. The number of nitrogens with zero attached hydrogens (tertiary/aromatic N) is 2. The van der Waals surface area contributed by atoms with Gasteiger partial charge in [-0.25, -0.2) is 13.4 Å². The van der Waals surface area contributed by atoms with Gasteiger partial charge in [0.1, 0.15) is 0 Å². The maximum atomic E-state index is 12.3. The molecule has 162 valence electrons. The first-order chi connectivity index (χ1) is 14.9. The first-order valence-electron chi connectivity index (χ1n) is 10.3. The fraction of sp³-hybridized carbons (Fsp3) is 0.304. The lowest BCUT2D eigenvalue weighted by molar-refractivity contribution is -0.119. The van der Waals surface area contributed by atoms with E-state index in [0.717, 1.165) is 28.5 Å². The fourth-order valence-electron chi connectivity index (χ4n) is 3.78. The van der Waals surface area contributed by atoms with Crippen LogP contribution < -0.4 is 5.32 Å². The van der Waals surface area contributed by atoms with Gasteiger partial charge in [0.15, 0.2) is 15.0 Å². The van der Waals surface area contributed by atoms with Crippen LogP contribution in [0.25, 0.3) is 22.4 Å². The molecule has 1 unspecified atom stereocenters. The van der Waals surface area contributed by atoms with Gasteiger partial charge < -0.3 is 9.88 Å². The van der Waals surface area contributed by atoms with E-state index >= 15 is 0 Å². The van der Waals surface area contributed by atoms with Gasteiger partial charge in [-0.05, 0) is 30.0 Å². The van der Waals surface area contributed by atoms with Gasteiger partial charge in [-0.3, -0.25) is 4.79 Å². The maximum Gasteiger partial charge on any atom is 0.230 e. The smallest absolute Gasteiger partial charge is 0.230 e. The Kier molecular flexibility index (Phi) is 6.48. The number of carbonyl (C=O) groups excluding carboxylic acids is 1. The van der Waals surface area contributed by atoms with Crippen LogP contribution in [0.3, 0.4) is 0 Å². The molecule has 0 spiro atoms. The second-order valence-corrected chi connectivity index (χ2v) is 10.7. The van der Waals surface area contributed by atoms with E-state index in [0.29, 0.717) is 6.42 Å². The summed E-state index contributed by atoms with van der Waals surface area (Å²) in [5.74, 6) is 0.236. The highest BCUT2D eigenvalue weighted by atomic mass is 32.2. The van der Waals surface area contributed by atoms with Gasteiger partial charge in [0, 0.05) is 12.6 Å². The molecule has 6 nitrogen and oxygen atoms in total. The molecular weight excluding hydrogens is 430 g/mol. The van der Waals surface area contributed by atoms with Crippen molar-refractivity contribution in [2.45, 2.75) is 31.1 Å². The van der Waals surface area contributed by atoms with Gasteiger partial charge >= 0.3 is 0 Å². The van der Waals surface area contributed by atoms with E-state index in [1.54, 1.807) is 0 Å². The number of hydrogen-bond acceptors (Lipinski definition) is 5. The fourth-order valence-corrected chi connectivity index (χ4v) is 6.31. The first kappa shape index (κ1) is 21.6. The summed E-state index contributed by atoms with van der Waals surface area (Å²) in [6.45, 7) is 2.79. The first-order valence-corrected chi connectivity index (χ1v) is 13.1. The maximum absolute atomic E-state index is 12.3. The molecule has 1 amide bonds. The molecular formula is C23H25N3O3S2. The largest absolute Gasteiger partial charge is 0.352 e. The predicted octanol–water partition coefficient (Wildman–Crippen LogP) is 3.63. The van der Waals surface area contributed by atoms with Gasteiger partial charge in [0.2, 0.25) is 5.91 Å². The molecule has 0 saturated carbocycles. The van der Waals surface area contributed by atoms with E-state index in [-0.39, 0.29) is 29.2 Å². The van der Waals surface area contributed by atoms with Crippen LogP contribution in [0.4, 0.5) is 0 Å². The number of imidazole rings is 1. The average Bonchev–Trinajstić information content (AvgIpc) is 3.35. The zero-order valence-corrected chi connectivity index (χ0v) is 19.0. The third-order valence-electron chi connectivity index (χ3n) is 5.35. The quantitative estimate of drug-likeness (QED) is 0.550. The molecule has 0 aliphatic carbocycles. The number of sulfone groups is 1. The molecule has 3 aromatic rings. The Balaban J connectivity index is 1.42. The summed E-state index contributed by atoms with van der Waals surface area (Å²) in [6, 6.07) is 18.4. The summed E-state index contributed by atoms with van der Waals surface area (Å²) >= 11 is 1.37. The van der Waals surface area contributed by atoms with Gasteiger partial charge in [-0.2, -0.15) is 0 Å². The van der Waals surface area contributed by atoms with Crippen molar-refractivity contribution in [3.8, 4) is 22.4 Å². The Labute approximate surface area is 187 Å². The molecule has 2 aromatic carbocycles. The van der Waals surface area contributed by atoms with Gasteiger partial charge in [-0.1, -0.05) is 66.4 Å². The highest BCUT2D eigenvalue weighted by Crippen LogP contribution is 2.28. The summed E-state index contributed by atoms with van der Waals surface area (Å²) in [4.78, 5) is 16.8. The van der Waals surface area contributed by atoms with Gasteiger partial charge in [0.25, 0.3) is 0 Å². The molecule has 0 radical (unpaired) electrons. The highest BCUT2D eigenvalue weighted by Gasteiger charge is 2.28. The van der Waals surface area contributed by atoms with Crippen molar-refractivity contribution in [1.82, 2.24) is 14.9 Å². The van der Waals surface area contributed by atoms with Crippen molar-refractivity contribution < 1.29 is 13.2 Å². The minimum Gasteiger partial charge on any atom is -0.352 e. The molecule has 0 bridgehead atoms. The van der Waals surface area contributed by atoms with E-state index in [4.69, 9.17) is 0 Å². The highest BCUT2D eigenvalue weighted by molar-refractivity contribution is 7.99. The topological polar surface area (TPSA) is 81.1 Å². The lowest BCUT2D eigenvalue weighted by Crippen LogP contribution is -2.36. The molecule has 1 saturated heterocycles. The standard InChI is InChI=1S/C23H25N3O3S2/c1-2-26-21(19-10-8-18(9-11-19)17-6-4-3-5-7-17)14-24-23(26)30-15-22(27)25-20-12-13-31(28,29)16-20/h3-11,14,20H,2,12-13,15-16H2,1H3,(H,25,27). The lowest BCUT2D eigenvalue weighted by Gasteiger charge is -2.12. The van der Waals surface area contributed by atoms with Crippen molar-refractivity contribution in [3.63, 3.8) is 0 Å². The van der Waals surface area contributed by atoms with Crippen LogP contribution in [0.15, 0.2) is 66.0 Å². The molecule has 8 heteroatoms. The minimum atomic E-state index is -3.01. The second kappa shape index (κ2) is 9.28. The molecule has 2 heterocycles. The normalized spacial score (nSPS) is 17.5. The third-order valence-corrected chi connectivity index (χ3v) is 8.11. The molecule has 1 aliphatic heterocycles. The summed E-state index contributed by atoms with van der Waals surface area (Å²) in [5, 5.41) is 3.60. The minimum absolute atomic E-state index is 0.0378. The average molecular weight is 456 g/mol. The zero-order valence-electron chi connectivity index (χ0n) is 17.3. The Hall–Kier alpha value is -2.58. The molecule has 1 atom stereocenters. The third kappa shape index (κ3) is 5.19. The molecule has 31 heavy (non-hydrogen) atoms. The van der Waals surface area contributed by atoms with E-state index in [1.165, 1.54) is 17.3 Å². The Bertz CT molecular complexity index is 1160. The number of thioether (sulfide) groups is 1. The molecule has 1 N–H and O–H groups in total. The van der Waals surface area contributed by atoms with E-state index in [2.05, 4.69) is 58.2 Å². The van der Waals surface area contributed by atoms with Crippen LogP contribution in [0.5, 0.6) is 0 Å². The zero-order chi connectivity index (χ0) is 21.8. The number of amides is 1. The van der Waals surface area contributed by atoms with Crippen molar-refractivity contribution in [2.24, 2.45) is 0 Å².